The fourth-order valence-corrected chi connectivity index (χ4v) is 1.97. The van der Waals surface area contributed by atoms with Crippen LogP contribution in [-0.2, 0) is 11.3 Å². The van der Waals surface area contributed by atoms with E-state index in [1.165, 1.54) is 0 Å². The summed E-state index contributed by atoms with van der Waals surface area (Å²) in [6.45, 7) is 4.76. The van der Waals surface area contributed by atoms with Crippen molar-refractivity contribution in [2.45, 2.75) is 26.4 Å². The number of ether oxygens (including phenoxy) is 1. The van der Waals surface area contributed by atoms with Crippen LogP contribution in [0.4, 0.5) is 17.3 Å². The molecule has 0 saturated carbocycles. The normalized spacial score (nSPS) is 10.7. The van der Waals surface area contributed by atoms with E-state index in [1.807, 2.05) is 31.3 Å². The Hall–Kier alpha value is -2.14. The number of rotatable bonds is 6. The summed E-state index contributed by atoms with van der Waals surface area (Å²) >= 11 is 0. The molecule has 0 aliphatic rings. The summed E-state index contributed by atoms with van der Waals surface area (Å²) in [6.07, 6.45) is 0. The molecular weight excluding hydrogens is 264 g/mol. The Morgan fingerprint density at radius 2 is 1.90 bits per heavy atom. The molecule has 0 radical (unpaired) electrons. The van der Waals surface area contributed by atoms with Gasteiger partial charge in [0, 0.05) is 31.8 Å². The minimum Gasteiger partial charge on any atom is -0.380 e. The first-order valence-corrected chi connectivity index (χ1v) is 7.04. The van der Waals surface area contributed by atoms with Crippen molar-refractivity contribution in [1.29, 1.82) is 0 Å². The highest BCUT2D eigenvalue weighted by Crippen LogP contribution is 2.21. The average molecular weight is 286 g/mol. The molecule has 112 valence electrons. The van der Waals surface area contributed by atoms with Crippen molar-refractivity contribution in [3.63, 3.8) is 0 Å². The molecule has 1 aromatic carbocycles. The minimum atomic E-state index is 0.277. The zero-order valence-electron chi connectivity index (χ0n) is 13.0. The monoisotopic (exact) mass is 286 g/mol. The molecule has 5 nitrogen and oxygen atoms in total. The maximum Gasteiger partial charge on any atom is 0.136 e. The zero-order chi connectivity index (χ0) is 15.2. The Bertz CT molecular complexity index is 599. The van der Waals surface area contributed by atoms with Crippen molar-refractivity contribution in [3.05, 3.63) is 41.7 Å². The van der Waals surface area contributed by atoms with Gasteiger partial charge in [-0.1, -0.05) is 26.0 Å². The molecule has 0 unspecified atom stereocenters. The highest BCUT2D eigenvalue weighted by Gasteiger charge is 2.08. The second kappa shape index (κ2) is 7.04. The van der Waals surface area contributed by atoms with Crippen molar-refractivity contribution in [2.24, 2.45) is 0 Å². The first-order valence-electron chi connectivity index (χ1n) is 7.04. The SMILES string of the molecule is CNc1cc(Nc2cccc(COC)c2)nc(C(C)C)n1. The van der Waals surface area contributed by atoms with Gasteiger partial charge in [0.05, 0.1) is 6.61 Å². The predicted octanol–water partition coefficient (Wildman–Crippen LogP) is 3.53. The third-order valence-electron chi connectivity index (χ3n) is 3.03. The van der Waals surface area contributed by atoms with Gasteiger partial charge in [0.1, 0.15) is 17.5 Å². The molecule has 2 rings (SSSR count). The molecule has 2 aromatic rings. The lowest BCUT2D eigenvalue weighted by Crippen LogP contribution is -2.05. The summed E-state index contributed by atoms with van der Waals surface area (Å²) in [5.41, 5.74) is 2.11. The number of aromatic nitrogens is 2. The topological polar surface area (TPSA) is 59.1 Å². The number of methoxy groups -OCH3 is 1. The van der Waals surface area contributed by atoms with Gasteiger partial charge >= 0.3 is 0 Å². The molecule has 2 N–H and O–H groups in total. The molecule has 0 saturated heterocycles. The van der Waals surface area contributed by atoms with Crippen LogP contribution in [0.1, 0.15) is 31.2 Å². The molecule has 0 aliphatic carbocycles. The molecule has 0 atom stereocenters. The van der Waals surface area contributed by atoms with Crippen molar-refractivity contribution >= 4 is 17.3 Å². The highest BCUT2D eigenvalue weighted by atomic mass is 16.5. The summed E-state index contributed by atoms with van der Waals surface area (Å²) in [4.78, 5) is 9.02. The Labute approximate surface area is 125 Å². The molecule has 1 heterocycles. The lowest BCUT2D eigenvalue weighted by atomic mass is 10.2. The zero-order valence-corrected chi connectivity index (χ0v) is 13.0. The van der Waals surface area contributed by atoms with Gasteiger partial charge in [0.25, 0.3) is 0 Å². The number of anilines is 3. The highest BCUT2D eigenvalue weighted by molar-refractivity contribution is 5.59. The van der Waals surface area contributed by atoms with Crippen LogP contribution in [0.15, 0.2) is 30.3 Å². The smallest absolute Gasteiger partial charge is 0.136 e. The van der Waals surface area contributed by atoms with Crippen LogP contribution in [0.25, 0.3) is 0 Å². The van der Waals surface area contributed by atoms with E-state index in [2.05, 4.69) is 40.5 Å². The number of hydrogen-bond acceptors (Lipinski definition) is 5. The van der Waals surface area contributed by atoms with Gasteiger partial charge in [-0.3, -0.25) is 0 Å². The van der Waals surface area contributed by atoms with Crippen LogP contribution >= 0.6 is 0 Å². The van der Waals surface area contributed by atoms with Gasteiger partial charge in [-0.15, -0.1) is 0 Å². The molecule has 0 aliphatic heterocycles. The predicted molar refractivity (Wildman–Crippen MR) is 86.1 cm³/mol. The van der Waals surface area contributed by atoms with Crippen molar-refractivity contribution in [3.8, 4) is 0 Å². The van der Waals surface area contributed by atoms with Gasteiger partial charge in [-0.2, -0.15) is 0 Å². The molecule has 0 spiro atoms. The second-order valence-electron chi connectivity index (χ2n) is 5.16. The van der Waals surface area contributed by atoms with Crippen molar-refractivity contribution in [1.82, 2.24) is 9.97 Å². The first kappa shape index (κ1) is 15.3. The summed E-state index contributed by atoms with van der Waals surface area (Å²) < 4.78 is 5.16. The van der Waals surface area contributed by atoms with E-state index < -0.39 is 0 Å². The molecule has 0 fully saturated rings. The molecular formula is C16H22N4O. The Balaban J connectivity index is 2.26. The maximum absolute atomic E-state index is 5.16. The second-order valence-corrected chi connectivity index (χ2v) is 5.16. The number of hydrogen-bond donors (Lipinski definition) is 2. The lowest BCUT2D eigenvalue weighted by molar-refractivity contribution is 0.185. The molecule has 5 heteroatoms. The Morgan fingerprint density at radius 3 is 2.57 bits per heavy atom. The lowest BCUT2D eigenvalue weighted by Gasteiger charge is -2.12. The van der Waals surface area contributed by atoms with E-state index in [4.69, 9.17) is 4.74 Å². The van der Waals surface area contributed by atoms with Gasteiger partial charge in [-0.25, -0.2) is 9.97 Å². The standard InChI is InChI=1S/C16H22N4O/c1-11(2)16-19-14(17-3)9-15(20-16)18-13-7-5-6-12(8-13)10-21-4/h5-9,11H,10H2,1-4H3,(H2,17,18,19,20). The fourth-order valence-electron chi connectivity index (χ4n) is 1.97. The third-order valence-corrected chi connectivity index (χ3v) is 3.03. The Morgan fingerprint density at radius 1 is 1.14 bits per heavy atom. The Kier molecular flexibility index (Phi) is 5.11. The van der Waals surface area contributed by atoms with Gasteiger partial charge in [0.15, 0.2) is 0 Å². The van der Waals surface area contributed by atoms with Crippen molar-refractivity contribution in [2.75, 3.05) is 24.8 Å². The third kappa shape index (κ3) is 4.16. The van der Waals surface area contributed by atoms with Gasteiger partial charge in [-0.05, 0) is 17.7 Å². The average Bonchev–Trinajstić information content (AvgIpc) is 2.47. The van der Waals surface area contributed by atoms with E-state index in [-0.39, 0.29) is 5.92 Å². The summed E-state index contributed by atoms with van der Waals surface area (Å²) in [5.74, 6) is 2.69. The first-order chi connectivity index (χ1) is 10.1. The summed E-state index contributed by atoms with van der Waals surface area (Å²) in [5, 5.41) is 6.40. The number of nitrogens with one attached hydrogen (secondary N) is 2. The summed E-state index contributed by atoms with van der Waals surface area (Å²) in [7, 11) is 3.55. The molecule has 1 aromatic heterocycles. The van der Waals surface area contributed by atoms with Crippen molar-refractivity contribution < 1.29 is 4.74 Å². The maximum atomic E-state index is 5.16. The van der Waals surface area contributed by atoms with Crippen LogP contribution in [0.2, 0.25) is 0 Å². The quantitative estimate of drug-likeness (QED) is 0.850. The largest absolute Gasteiger partial charge is 0.380 e. The fraction of sp³-hybridized carbons (Fsp3) is 0.375. The molecule has 0 bridgehead atoms. The van der Waals surface area contributed by atoms with E-state index in [0.717, 1.165) is 28.7 Å². The van der Waals surface area contributed by atoms with E-state index in [9.17, 15) is 0 Å². The van der Waals surface area contributed by atoms with Crippen LogP contribution in [0, 0.1) is 0 Å². The number of nitrogens with zero attached hydrogens (tertiary/aromatic N) is 2. The van der Waals surface area contributed by atoms with Crippen LogP contribution in [0.3, 0.4) is 0 Å². The summed E-state index contributed by atoms with van der Waals surface area (Å²) in [6, 6.07) is 10.00. The van der Waals surface area contributed by atoms with Crippen LogP contribution in [-0.4, -0.2) is 24.1 Å². The van der Waals surface area contributed by atoms with Gasteiger partial charge < -0.3 is 15.4 Å². The van der Waals surface area contributed by atoms with Crippen LogP contribution in [0.5, 0.6) is 0 Å². The van der Waals surface area contributed by atoms with E-state index in [0.29, 0.717) is 6.61 Å². The molecule has 21 heavy (non-hydrogen) atoms. The van der Waals surface area contributed by atoms with Gasteiger partial charge in [0.2, 0.25) is 0 Å². The molecule has 0 amide bonds. The van der Waals surface area contributed by atoms with E-state index in [1.54, 1.807) is 7.11 Å². The van der Waals surface area contributed by atoms with Crippen LogP contribution < -0.4 is 10.6 Å². The minimum absolute atomic E-state index is 0.277. The number of benzene rings is 1. The van der Waals surface area contributed by atoms with E-state index >= 15 is 0 Å².